The Labute approximate surface area is 265 Å². The molecule has 208 valence electrons. The number of para-hydroxylation sites is 3. The Balaban J connectivity index is 1.40. The lowest BCUT2D eigenvalue weighted by atomic mass is 9.79. The van der Waals surface area contributed by atoms with Crippen molar-refractivity contribution in [2.75, 3.05) is 9.80 Å². The number of rotatable bonds is 4. The lowest BCUT2D eigenvalue weighted by Gasteiger charge is -2.41. The Kier molecular flexibility index (Phi) is 5.60. The van der Waals surface area contributed by atoms with Crippen LogP contribution in [0, 0.1) is 0 Å². The summed E-state index contributed by atoms with van der Waals surface area (Å²) in [5.74, 6) is 0. The first kappa shape index (κ1) is 25.4. The molecule has 7 aromatic rings. The molecule has 0 fully saturated rings. The fraction of sp³-hybridized carbons (Fsp3) is 0.0244. The summed E-state index contributed by atoms with van der Waals surface area (Å²) in [7, 11) is 0. The largest absolute Gasteiger partial charge is 0.322 e. The number of hydrogen-bond acceptors (Lipinski definition) is 2. The highest BCUT2D eigenvalue weighted by molar-refractivity contribution is 9.10. The second-order valence-electron chi connectivity index (χ2n) is 11.5. The highest BCUT2D eigenvalue weighted by atomic mass is 79.9. The van der Waals surface area contributed by atoms with Gasteiger partial charge < -0.3 is 9.80 Å². The van der Waals surface area contributed by atoms with Crippen molar-refractivity contribution in [2.24, 2.45) is 0 Å². The minimum atomic E-state index is -0.551. The first-order chi connectivity index (χ1) is 21.8. The fourth-order valence-electron chi connectivity index (χ4n) is 7.57. The van der Waals surface area contributed by atoms with Crippen LogP contribution < -0.4 is 9.80 Å². The minimum Gasteiger partial charge on any atom is -0.322 e. The van der Waals surface area contributed by atoms with Gasteiger partial charge in [-0.05, 0) is 93.9 Å². The van der Waals surface area contributed by atoms with Gasteiger partial charge in [0.1, 0.15) is 5.54 Å². The zero-order valence-corrected chi connectivity index (χ0v) is 25.4. The van der Waals surface area contributed by atoms with Crippen LogP contribution in [0.4, 0.5) is 28.4 Å². The molecule has 0 saturated carbocycles. The molecule has 0 N–H and O–H groups in total. The lowest BCUT2D eigenvalue weighted by molar-refractivity contribution is 0.669. The fourth-order valence-corrected chi connectivity index (χ4v) is 8.03. The molecule has 2 nitrogen and oxygen atoms in total. The lowest BCUT2D eigenvalue weighted by Crippen LogP contribution is -2.41. The van der Waals surface area contributed by atoms with Crippen LogP contribution in [0.15, 0.2) is 168 Å². The molecule has 0 amide bonds. The zero-order valence-electron chi connectivity index (χ0n) is 23.9. The van der Waals surface area contributed by atoms with Gasteiger partial charge in [-0.1, -0.05) is 119 Å². The summed E-state index contributed by atoms with van der Waals surface area (Å²) < 4.78 is 1.11. The van der Waals surface area contributed by atoms with Crippen molar-refractivity contribution in [2.45, 2.75) is 5.54 Å². The van der Waals surface area contributed by atoms with Gasteiger partial charge in [-0.15, -0.1) is 0 Å². The van der Waals surface area contributed by atoms with Crippen molar-refractivity contribution in [3.8, 4) is 11.1 Å². The third-order valence-corrected chi connectivity index (χ3v) is 9.92. The third kappa shape index (κ3) is 3.42. The maximum absolute atomic E-state index is 3.89. The van der Waals surface area contributed by atoms with E-state index in [4.69, 9.17) is 0 Å². The Bertz CT molecular complexity index is 2150. The Morgan fingerprint density at radius 3 is 1.82 bits per heavy atom. The van der Waals surface area contributed by atoms with Gasteiger partial charge in [-0.2, -0.15) is 0 Å². The van der Waals surface area contributed by atoms with Crippen LogP contribution in [0.2, 0.25) is 0 Å². The highest BCUT2D eigenvalue weighted by Gasteiger charge is 2.54. The smallest absolute Gasteiger partial charge is 0.123 e. The van der Waals surface area contributed by atoms with Gasteiger partial charge in [0.2, 0.25) is 0 Å². The van der Waals surface area contributed by atoms with Crippen LogP contribution in [0.25, 0.3) is 21.9 Å². The molecule has 7 aromatic carbocycles. The Hall–Kier alpha value is -5.12. The van der Waals surface area contributed by atoms with E-state index in [9.17, 15) is 0 Å². The van der Waals surface area contributed by atoms with Crippen molar-refractivity contribution in [3.63, 3.8) is 0 Å². The normalized spacial score (nSPS) is 15.9. The molecule has 9 rings (SSSR count). The van der Waals surface area contributed by atoms with E-state index in [1.54, 1.807) is 0 Å². The summed E-state index contributed by atoms with van der Waals surface area (Å²) in [6, 6.07) is 59.5. The average Bonchev–Trinajstić information content (AvgIpc) is 3.55. The standard InChI is InChI=1S/C41H27BrN2/c42-38-25-26-39-40-34(38)20-12-22-36(40)41(44(39)30-17-8-3-9-18-30)35-21-11-10-19-32(35)33-24-23-31(27-37(33)41)43(28-13-4-1-5-14-28)29-15-6-2-7-16-29/h1-27H. The molecule has 1 atom stereocenters. The molecule has 3 heteroatoms. The predicted molar refractivity (Wildman–Crippen MR) is 187 cm³/mol. The van der Waals surface area contributed by atoms with E-state index in [2.05, 4.69) is 190 Å². The Morgan fingerprint density at radius 1 is 0.477 bits per heavy atom. The van der Waals surface area contributed by atoms with Gasteiger partial charge >= 0.3 is 0 Å². The monoisotopic (exact) mass is 626 g/mol. The van der Waals surface area contributed by atoms with Crippen molar-refractivity contribution in [1.82, 2.24) is 0 Å². The van der Waals surface area contributed by atoms with E-state index >= 15 is 0 Å². The Morgan fingerprint density at radius 2 is 1.09 bits per heavy atom. The molecule has 0 radical (unpaired) electrons. The van der Waals surface area contributed by atoms with Gasteiger partial charge in [0, 0.05) is 32.6 Å². The van der Waals surface area contributed by atoms with Crippen LogP contribution in [0.1, 0.15) is 16.7 Å². The molecule has 1 unspecified atom stereocenters. The number of nitrogens with zero attached hydrogens (tertiary/aromatic N) is 2. The molecular weight excluding hydrogens is 600 g/mol. The third-order valence-electron chi connectivity index (χ3n) is 9.23. The average molecular weight is 628 g/mol. The maximum atomic E-state index is 3.89. The van der Waals surface area contributed by atoms with E-state index in [1.165, 1.54) is 50.0 Å². The number of anilines is 5. The minimum absolute atomic E-state index is 0.551. The second-order valence-corrected chi connectivity index (χ2v) is 12.3. The topological polar surface area (TPSA) is 6.48 Å². The van der Waals surface area contributed by atoms with E-state index < -0.39 is 5.54 Å². The SMILES string of the molecule is Brc1ccc2c3c(cccc13)C1(c3ccccc3-c3ccc(N(c4ccccc4)c4ccccc4)cc31)N2c1ccccc1. The zero-order chi connectivity index (χ0) is 29.3. The van der Waals surface area contributed by atoms with E-state index in [1.807, 2.05) is 0 Å². The van der Waals surface area contributed by atoms with Gasteiger partial charge in [0.15, 0.2) is 0 Å². The van der Waals surface area contributed by atoms with Crippen molar-refractivity contribution in [3.05, 3.63) is 185 Å². The first-order valence-corrected chi connectivity index (χ1v) is 15.8. The first-order valence-electron chi connectivity index (χ1n) is 15.0. The van der Waals surface area contributed by atoms with Crippen LogP contribution in [0.5, 0.6) is 0 Å². The molecule has 1 aliphatic carbocycles. The summed E-state index contributed by atoms with van der Waals surface area (Å²) in [5.41, 5.74) is 11.7. The molecule has 1 aliphatic heterocycles. The second kappa shape index (κ2) is 9.70. The van der Waals surface area contributed by atoms with Crippen molar-refractivity contribution in [1.29, 1.82) is 0 Å². The van der Waals surface area contributed by atoms with E-state index in [0.29, 0.717) is 0 Å². The molecule has 0 bridgehead atoms. The summed E-state index contributed by atoms with van der Waals surface area (Å²) in [5, 5.41) is 2.52. The van der Waals surface area contributed by atoms with E-state index in [0.717, 1.165) is 21.5 Å². The summed E-state index contributed by atoms with van der Waals surface area (Å²) in [4.78, 5) is 4.95. The molecule has 0 aromatic heterocycles. The molecule has 0 saturated heterocycles. The maximum Gasteiger partial charge on any atom is 0.123 e. The van der Waals surface area contributed by atoms with Crippen molar-refractivity contribution >= 4 is 55.1 Å². The molecule has 44 heavy (non-hydrogen) atoms. The van der Waals surface area contributed by atoms with Gasteiger partial charge in [0.25, 0.3) is 0 Å². The van der Waals surface area contributed by atoms with Crippen LogP contribution in [-0.4, -0.2) is 0 Å². The molecular formula is C41H27BrN2. The summed E-state index contributed by atoms with van der Waals surface area (Å²) in [6.45, 7) is 0. The van der Waals surface area contributed by atoms with Crippen LogP contribution >= 0.6 is 15.9 Å². The quantitative estimate of drug-likeness (QED) is 0.192. The van der Waals surface area contributed by atoms with Gasteiger partial charge in [-0.3, -0.25) is 0 Å². The number of fused-ring (bicyclic) bond motifs is 6. The highest BCUT2D eigenvalue weighted by Crippen LogP contribution is 2.64. The summed E-state index contributed by atoms with van der Waals surface area (Å²) >= 11 is 3.89. The van der Waals surface area contributed by atoms with Crippen LogP contribution in [0.3, 0.4) is 0 Å². The van der Waals surface area contributed by atoms with E-state index in [-0.39, 0.29) is 0 Å². The molecule has 1 spiro atoms. The number of benzene rings is 7. The van der Waals surface area contributed by atoms with Gasteiger partial charge in [0.05, 0.1) is 5.69 Å². The predicted octanol–water partition coefficient (Wildman–Crippen LogP) is 11.5. The van der Waals surface area contributed by atoms with Crippen LogP contribution in [-0.2, 0) is 5.54 Å². The molecule has 1 heterocycles. The molecule has 2 aliphatic rings. The number of halogens is 1. The van der Waals surface area contributed by atoms with Gasteiger partial charge in [-0.25, -0.2) is 0 Å². The number of hydrogen-bond donors (Lipinski definition) is 0. The van der Waals surface area contributed by atoms with Crippen molar-refractivity contribution < 1.29 is 0 Å². The summed E-state index contributed by atoms with van der Waals surface area (Å²) in [6.07, 6.45) is 0.